The highest BCUT2D eigenvalue weighted by Gasteiger charge is 2.13. The Morgan fingerprint density at radius 1 is 1.43 bits per heavy atom. The van der Waals surface area contributed by atoms with Crippen LogP contribution in [-0.2, 0) is 16.1 Å². The molecule has 1 amide bonds. The van der Waals surface area contributed by atoms with Gasteiger partial charge in [-0.25, -0.2) is 4.98 Å². The maximum atomic E-state index is 10.8. The number of primary amides is 1. The molecule has 1 heterocycles. The molecule has 0 spiro atoms. The topological polar surface area (TPSA) is 98.2 Å². The summed E-state index contributed by atoms with van der Waals surface area (Å²) in [5, 5.41) is 9.47. The number of benzene rings is 1. The van der Waals surface area contributed by atoms with E-state index < -0.39 is 5.97 Å². The molecule has 2 aromatic rings. The number of fused-ring (bicyclic) bond motifs is 1. The van der Waals surface area contributed by atoms with Gasteiger partial charge in [0.1, 0.15) is 0 Å². The van der Waals surface area contributed by atoms with Crippen LogP contribution in [0.2, 0.25) is 0 Å². The second-order valence-corrected chi connectivity index (χ2v) is 6.62. The first kappa shape index (κ1) is 16.1. The lowest BCUT2D eigenvalue weighted by Crippen LogP contribution is -2.12. The third kappa shape index (κ3) is 4.34. The molecule has 6 nitrogen and oxygen atoms in total. The Balaban J connectivity index is 2.29. The molecule has 0 saturated heterocycles. The van der Waals surface area contributed by atoms with Gasteiger partial charge in [-0.3, -0.25) is 9.59 Å². The fourth-order valence-electron chi connectivity index (χ4n) is 1.94. The van der Waals surface area contributed by atoms with Crippen molar-refractivity contribution >= 4 is 57.3 Å². The Bertz CT molecular complexity index is 687. The van der Waals surface area contributed by atoms with E-state index in [0.717, 1.165) is 14.6 Å². The van der Waals surface area contributed by atoms with Crippen LogP contribution in [0.15, 0.2) is 23.4 Å². The molecule has 0 aliphatic rings. The lowest BCUT2D eigenvalue weighted by atomic mass is 10.3. The van der Waals surface area contributed by atoms with E-state index in [1.165, 1.54) is 11.8 Å². The molecule has 2 rings (SSSR count). The van der Waals surface area contributed by atoms with Crippen LogP contribution in [0.5, 0.6) is 0 Å². The Hall–Kier alpha value is -1.29. The zero-order valence-corrected chi connectivity index (χ0v) is 14.1. The quantitative estimate of drug-likeness (QED) is 0.529. The Morgan fingerprint density at radius 2 is 2.19 bits per heavy atom. The van der Waals surface area contributed by atoms with Crippen LogP contribution in [0.4, 0.5) is 0 Å². The number of nitrogens with zero attached hydrogens (tertiary/aromatic N) is 2. The molecule has 0 unspecified atom stereocenters. The molecule has 0 saturated carbocycles. The first-order chi connectivity index (χ1) is 9.97. The van der Waals surface area contributed by atoms with E-state index >= 15 is 0 Å². The smallest absolute Gasteiger partial charge is 0.313 e. The summed E-state index contributed by atoms with van der Waals surface area (Å²) < 4.78 is 3.01. The summed E-state index contributed by atoms with van der Waals surface area (Å²) in [6, 6.07) is 5.88. The molecule has 8 heteroatoms. The third-order valence-corrected chi connectivity index (χ3v) is 4.44. The van der Waals surface area contributed by atoms with Crippen LogP contribution in [0, 0.1) is 3.57 Å². The summed E-state index contributed by atoms with van der Waals surface area (Å²) >= 11 is 3.39. The van der Waals surface area contributed by atoms with Gasteiger partial charge in [-0.05, 0) is 47.2 Å². The van der Waals surface area contributed by atoms with Crippen LogP contribution < -0.4 is 5.73 Å². The van der Waals surface area contributed by atoms with E-state index in [0.29, 0.717) is 24.5 Å². The van der Waals surface area contributed by atoms with E-state index in [2.05, 4.69) is 27.6 Å². The zero-order valence-electron chi connectivity index (χ0n) is 11.1. The molecule has 0 aliphatic heterocycles. The molecule has 1 aromatic heterocycles. The van der Waals surface area contributed by atoms with E-state index in [1.54, 1.807) is 0 Å². The van der Waals surface area contributed by atoms with Crippen LogP contribution in [0.3, 0.4) is 0 Å². The number of aromatic nitrogens is 2. The number of amides is 1. The number of carboxylic acid groups (broad SMARTS) is 1. The molecule has 3 N–H and O–H groups in total. The Labute approximate surface area is 139 Å². The number of rotatable bonds is 7. The number of hydrogen-bond acceptors (Lipinski definition) is 4. The molecule has 21 heavy (non-hydrogen) atoms. The van der Waals surface area contributed by atoms with Gasteiger partial charge in [0.15, 0.2) is 5.16 Å². The second kappa shape index (κ2) is 7.12. The number of carbonyl (C=O) groups excluding carboxylic acids is 1. The molecule has 0 radical (unpaired) electrons. The number of imidazole rings is 1. The number of carboxylic acids is 1. The van der Waals surface area contributed by atoms with Crippen molar-refractivity contribution in [3.63, 3.8) is 0 Å². The van der Waals surface area contributed by atoms with Crippen molar-refractivity contribution < 1.29 is 14.7 Å². The van der Waals surface area contributed by atoms with Crippen molar-refractivity contribution in [1.29, 1.82) is 0 Å². The SMILES string of the molecule is NC(=O)CCCn1c(SCC(=O)O)nc2cc(I)ccc21. The number of nitrogens with two attached hydrogens (primary N) is 1. The van der Waals surface area contributed by atoms with Gasteiger partial charge in [0, 0.05) is 16.5 Å². The summed E-state index contributed by atoms with van der Waals surface area (Å²) in [4.78, 5) is 26.1. The van der Waals surface area contributed by atoms with Crippen LogP contribution in [-0.4, -0.2) is 32.3 Å². The Kier molecular flexibility index (Phi) is 5.45. The van der Waals surface area contributed by atoms with Gasteiger partial charge < -0.3 is 15.4 Å². The molecular weight excluding hydrogens is 405 g/mol. The van der Waals surface area contributed by atoms with Crippen molar-refractivity contribution in [2.24, 2.45) is 5.73 Å². The highest BCUT2D eigenvalue weighted by atomic mass is 127. The molecule has 0 fully saturated rings. The number of carbonyl (C=O) groups is 2. The zero-order chi connectivity index (χ0) is 15.4. The molecule has 0 atom stereocenters. The molecule has 0 bridgehead atoms. The lowest BCUT2D eigenvalue weighted by Gasteiger charge is -2.07. The van der Waals surface area contributed by atoms with Crippen molar-refractivity contribution in [2.45, 2.75) is 24.5 Å². The lowest BCUT2D eigenvalue weighted by molar-refractivity contribution is -0.133. The minimum absolute atomic E-state index is 0.0454. The van der Waals surface area contributed by atoms with Crippen LogP contribution in [0.25, 0.3) is 11.0 Å². The van der Waals surface area contributed by atoms with Gasteiger partial charge in [-0.1, -0.05) is 11.8 Å². The average Bonchev–Trinajstić information content (AvgIpc) is 2.73. The standard InChI is InChI=1S/C13H14IN3O3S/c14-8-3-4-10-9(6-8)16-13(21-7-12(19)20)17(10)5-1-2-11(15)18/h3-4,6H,1-2,5,7H2,(H2,15,18)(H,19,20). The van der Waals surface area contributed by atoms with Crippen molar-refractivity contribution in [3.05, 3.63) is 21.8 Å². The predicted molar refractivity (Wildman–Crippen MR) is 89.2 cm³/mol. The molecule has 1 aromatic carbocycles. The minimum Gasteiger partial charge on any atom is -0.481 e. The van der Waals surface area contributed by atoms with E-state index in [4.69, 9.17) is 10.8 Å². The summed E-state index contributed by atoms with van der Waals surface area (Å²) in [5.41, 5.74) is 6.92. The Morgan fingerprint density at radius 3 is 2.86 bits per heavy atom. The van der Waals surface area contributed by atoms with E-state index in [1.807, 2.05) is 22.8 Å². The van der Waals surface area contributed by atoms with E-state index in [9.17, 15) is 9.59 Å². The van der Waals surface area contributed by atoms with Crippen LogP contribution >= 0.6 is 34.4 Å². The van der Waals surface area contributed by atoms with Crippen LogP contribution in [0.1, 0.15) is 12.8 Å². The number of thioether (sulfide) groups is 1. The number of halogens is 1. The first-order valence-electron chi connectivity index (χ1n) is 6.26. The average molecular weight is 419 g/mol. The van der Waals surface area contributed by atoms with Gasteiger partial charge in [0.2, 0.25) is 5.91 Å². The van der Waals surface area contributed by atoms with Gasteiger partial charge in [-0.15, -0.1) is 0 Å². The fourth-order valence-corrected chi connectivity index (χ4v) is 3.18. The number of aryl methyl sites for hydroxylation is 1. The number of hydrogen-bond donors (Lipinski definition) is 2. The van der Waals surface area contributed by atoms with Gasteiger partial charge in [0.05, 0.1) is 16.8 Å². The van der Waals surface area contributed by atoms with E-state index in [-0.39, 0.29) is 11.7 Å². The second-order valence-electron chi connectivity index (χ2n) is 4.43. The highest BCUT2D eigenvalue weighted by molar-refractivity contribution is 14.1. The van der Waals surface area contributed by atoms with Crippen molar-refractivity contribution in [3.8, 4) is 0 Å². The monoisotopic (exact) mass is 419 g/mol. The van der Waals surface area contributed by atoms with Crippen molar-refractivity contribution in [1.82, 2.24) is 9.55 Å². The summed E-state index contributed by atoms with van der Waals surface area (Å²) in [5.74, 6) is -1.27. The summed E-state index contributed by atoms with van der Waals surface area (Å²) in [6.07, 6.45) is 0.903. The largest absolute Gasteiger partial charge is 0.481 e. The summed E-state index contributed by atoms with van der Waals surface area (Å²) in [6.45, 7) is 0.585. The van der Waals surface area contributed by atoms with Crippen molar-refractivity contribution in [2.75, 3.05) is 5.75 Å². The maximum Gasteiger partial charge on any atom is 0.313 e. The number of aliphatic carboxylic acids is 1. The molecule has 0 aliphatic carbocycles. The van der Waals surface area contributed by atoms with Gasteiger partial charge in [0.25, 0.3) is 0 Å². The third-order valence-electron chi connectivity index (χ3n) is 2.80. The fraction of sp³-hybridized carbons (Fsp3) is 0.308. The summed E-state index contributed by atoms with van der Waals surface area (Å²) in [7, 11) is 0. The minimum atomic E-state index is -0.884. The van der Waals surface area contributed by atoms with Gasteiger partial charge >= 0.3 is 5.97 Å². The highest BCUT2D eigenvalue weighted by Crippen LogP contribution is 2.26. The molecule has 112 valence electrons. The predicted octanol–water partition coefficient (Wildman–Crippen LogP) is 2.08. The molecular formula is C13H14IN3O3S. The van der Waals surface area contributed by atoms with Gasteiger partial charge in [-0.2, -0.15) is 0 Å². The maximum absolute atomic E-state index is 10.8. The normalized spacial score (nSPS) is 10.9. The first-order valence-corrected chi connectivity index (χ1v) is 8.32.